The number of hydrogen-bond donors (Lipinski definition) is 1. The van der Waals surface area contributed by atoms with E-state index in [-0.39, 0.29) is 11.8 Å². The molecule has 0 saturated heterocycles. The number of rotatable bonds is 9. The highest BCUT2D eigenvalue weighted by Crippen LogP contribution is 2.13. The lowest BCUT2D eigenvalue weighted by Gasteiger charge is -2.29. The van der Waals surface area contributed by atoms with Gasteiger partial charge in [-0.25, -0.2) is 0 Å². The van der Waals surface area contributed by atoms with E-state index in [2.05, 4.69) is 5.32 Å². The third-order valence-electron chi connectivity index (χ3n) is 5.42. The number of nitrogens with one attached hydrogen (secondary N) is 1. The van der Waals surface area contributed by atoms with Crippen LogP contribution in [0.2, 0.25) is 0 Å². The molecule has 2 amide bonds. The van der Waals surface area contributed by atoms with Crippen molar-refractivity contribution < 1.29 is 9.59 Å². The standard InChI is InChI=1S/C27H30N2O2/c1-21-13-15-24(16-14-21)19-28-27(31)22(2)29(20-25-11-7-4-8-12-25)26(30)18-17-23-9-5-3-6-10-23/h3-16,22H,17-20H2,1-2H3,(H,28,31)/t22-/m0/s1. The van der Waals surface area contributed by atoms with Gasteiger partial charge in [0.1, 0.15) is 6.04 Å². The van der Waals surface area contributed by atoms with Crippen LogP contribution < -0.4 is 5.32 Å². The van der Waals surface area contributed by atoms with Crippen molar-refractivity contribution in [2.75, 3.05) is 0 Å². The molecule has 0 aliphatic carbocycles. The van der Waals surface area contributed by atoms with Crippen LogP contribution in [0.4, 0.5) is 0 Å². The zero-order valence-electron chi connectivity index (χ0n) is 18.3. The Morgan fingerprint density at radius 3 is 2.00 bits per heavy atom. The lowest BCUT2D eigenvalue weighted by Crippen LogP contribution is -2.47. The predicted octanol–water partition coefficient (Wildman–Crippen LogP) is 4.66. The van der Waals surface area contributed by atoms with E-state index in [1.165, 1.54) is 5.56 Å². The molecule has 3 aromatic carbocycles. The summed E-state index contributed by atoms with van der Waals surface area (Å²) in [7, 11) is 0. The van der Waals surface area contributed by atoms with Gasteiger partial charge in [-0.1, -0.05) is 90.5 Å². The molecule has 0 aromatic heterocycles. The van der Waals surface area contributed by atoms with Gasteiger partial charge in [0.2, 0.25) is 11.8 Å². The first-order chi connectivity index (χ1) is 15.0. The van der Waals surface area contributed by atoms with E-state index in [0.717, 1.165) is 16.7 Å². The second kappa shape index (κ2) is 11.1. The Morgan fingerprint density at radius 1 is 0.806 bits per heavy atom. The molecule has 4 heteroatoms. The van der Waals surface area contributed by atoms with Crippen molar-refractivity contribution in [1.82, 2.24) is 10.2 Å². The molecule has 31 heavy (non-hydrogen) atoms. The van der Waals surface area contributed by atoms with E-state index in [1.807, 2.05) is 91.9 Å². The summed E-state index contributed by atoms with van der Waals surface area (Å²) >= 11 is 0. The van der Waals surface area contributed by atoms with E-state index >= 15 is 0 Å². The summed E-state index contributed by atoms with van der Waals surface area (Å²) in [5, 5.41) is 2.98. The van der Waals surface area contributed by atoms with Gasteiger partial charge in [0, 0.05) is 19.5 Å². The first-order valence-electron chi connectivity index (χ1n) is 10.7. The fourth-order valence-electron chi connectivity index (χ4n) is 3.45. The van der Waals surface area contributed by atoms with E-state index < -0.39 is 6.04 Å². The minimum atomic E-state index is -0.561. The van der Waals surface area contributed by atoms with Crippen molar-refractivity contribution in [3.8, 4) is 0 Å². The Kier molecular flexibility index (Phi) is 7.99. The molecule has 3 aromatic rings. The zero-order chi connectivity index (χ0) is 22.1. The smallest absolute Gasteiger partial charge is 0.242 e. The van der Waals surface area contributed by atoms with E-state index in [0.29, 0.717) is 25.9 Å². The van der Waals surface area contributed by atoms with E-state index in [4.69, 9.17) is 0 Å². The molecule has 160 valence electrons. The molecule has 0 unspecified atom stereocenters. The number of aryl methyl sites for hydroxylation is 2. The lowest BCUT2D eigenvalue weighted by atomic mass is 10.1. The Bertz CT molecular complexity index is 969. The zero-order valence-corrected chi connectivity index (χ0v) is 18.3. The molecule has 0 heterocycles. The number of carbonyl (C=O) groups excluding carboxylic acids is 2. The number of nitrogens with zero attached hydrogens (tertiary/aromatic N) is 1. The van der Waals surface area contributed by atoms with E-state index in [1.54, 1.807) is 11.8 Å². The van der Waals surface area contributed by atoms with Crippen LogP contribution >= 0.6 is 0 Å². The normalized spacial score (nSPS) is 11.5. The summed E-state index contributed by atoms with van der Waals surface area (Å²) in [6.07, 6.45) is 1.02. The minimum Gasteiger partial charge on any atom is -0.350 e. The summed E-state index contributed by atoms with van der Waals surface area (Å²) in [5.74, 6) is -0.171. The molecule has 0 bridgehead atoms. The van der Waals surface area contributed by atoms with E-state index in [9.17, 15) is 9.59 Å². The van der Waals surface area contributed by atoms with Crippen LogP contribution in [0, 0.1) is 6.92 Å². The maximum Gasteiger partial charge on any atom is 0.242 e. The van der Waals surface area contributed by atoms with Crippen molar-refractivity contribution >= 4 is 11.8 Å². The average Bonchev–Trinajstić information content (AvgIpc) is 2.81. The molecule has 1 atom stereocenters. The van der Waals surface area contributed by atoms with Crippen molar-refractivity contribution in [2.24, 2.45) is 0 Å². The maximum absolute atomic E-state index is 13.1. The van der Waals surface area contributed by atoms with Crippen molar-refractivity contribution in [3.63, 3.8) is 0 Å². The van der Waals surface area contributed by atoms with Gasteiger partial charge >= 0.3 is 0 Å². The highest BCUT2D eigenvalue weighted by Gasteiger charge is 2.25. The van der Waals surface area contributed by atoms with Gasteiger partial charge in [-0.3, -0.25) is 9.59 Å². The summed E-state index contributed by atoms with van der Waals surface area (Å²) in [5.41, 5.74) is 4.35. The Balaban J connectivity index is 1.66. The lowest BCUT2D eigenvalue weighted by molar-refractivity contribution is -0.140. The van der Waals surface area contributed by atoms with Gasteiger partial charge in [0.25, 0.3) is 0 Å². The molecule has 0 saturated carbocycles. The highest BCUT2D eigenvalue weighted by atomic mass is 16.2. The molecule has 1 N–H and O–H groups in total. The molecule has 0 radical (unpaired) electrons. The van der Waals surface area contributed by atoms with Crippen LogP contribution in [0.25, 0.3) is 0 Å². The van der Waals surface area contributed by atoms with Crippen LogP contribution in [0.1, 0.15) is 35.6 Å². The fraction of sp³-hybridized carbons (Fsp3) is 0.259. The van der Waals surface area contributed by atoms with Crippen molar-refractivity contribution in [3.05, 3.63) is 107 Å². The van der Waals surface area contributed by atoms with Gasteiger partial charge in [-0.2, -0.15) is 0 Å². The summed E-state index contributed by atoms with van der Waals surface area (Å²) in [6, 6.07) is 27.3. The summed E-state index contributed by atoms with van der Waals surface area (Å²) in [6.45, 7) is 4.69. The largest absolute Gasteiger partial charge is 0.350 e. The Labute approximate surface area is 184 Å². The van der Waals surface area contributed by atoms with Crippen molar-refractivity contribution in [2.45, 2.75) is 45.8 Å². The van der Waals surface area contributed by atoms with Gasteiger partial charge in [0.05, 0.1) is 0 Å². The summed E-state index contributed by atoms with van der Waals surface area (Å²) < 4.78 is 0. The molecule has 3 rings (SSSR count). The molecule has 0 spiro atoms. The molecular weight excluding hydrogens is 384 g/mol. The minimum absolute atomic E-state index is 0.0225. The molecule has 0 aliphatic heterocycles. The highest BCUT2D eigenvalue weighted by molar-refractivity contribution is 5.87. The third kappa shape index (κ3) is 6.82. The molecule has 0 fully saturated rings. The van der Waals surface area contributed by atoms with Crippen LogP contribution in [0.15, 0.2) is 84.9 Å². The summed E-state index contributed by atoms with van der Waals surface area (Å²) in [4.78, 5) is 27.7. The number of hydrogen-bond acceptors (Lipinski definition) is 2. The molecule has 4 nitrogen and oxygen atoms in total. The van der Waals surface area contributed by atoms with Crippen LogP contribution in [0.5, 0.6) is 0 Å². The average molecular weight is 415 g/mol. The number of amides is 2. The fourth-order valence-corrected chi connectivity index (χ4v) is 3.45. The molecular formula is C27H30N2O2. The Morgan fingerprint density at radius 2 is 1.39 bits per heavy atom. The number of carbonyl (C=O) groups is 2. The maximum atomic E-state index is 13.1. The van der Waals surface area contributed by atoms with Gasteiger partial charge in [-0.05, 0) is 37.0 Å². The van der Waals surface area contributed by atoms with Crippen molar-refractivity contribution in [1.29, 1.82) is 0 Å². The van der Waals surface area contributed by atoms with Gasteiger partial charge in [0.15, 0.2) is 0 Å². The predicted molar refractivity (Wildman–Crippen MR) is 124 cm³/mol. The molecule has 0 aliphatic rings. The number of benzene rings is 3. The monoisotopic (exact) mass is 414 g/mol. The second-order valence-electron chi connectivity index (χ2n) is 7.87. The first-order valence-corrected chi connectivity index (χ1v) is 10.7. The second-order valence-corrected chi connectivity index (χ2v) is 7.87. The quantitative estimate of drug-likeness (QED) is 0.554. The van der Waals surface area contributed by atoms with Crippen LogP contribution in [-0.2, 0) is 29.1 Å². The van der Waals surface area contributed by atoms with Crippen LogP contribution in [-0.4, -0.2) is 22.8 Å². The third-order valence-corrected chi connectivity index (χ3v) is 5.42. The van der Waals surface area contributed by atoms with Crippen LogP contribution in [0.3, 0.4) is 0 Å². The van der Waals surface area contributed by atoms with Gasteiger partial charge in [-0.15, -0.1) is 0 Å². The topological polar surface area (TPSA) is 49.4 Å². The van der Waals surface area contributed by atoms with Gasteiger partial charge < -0.3 is 10.2 Å². The Hall–Kier alpha value is -3.40. The SMILES string of the molecule is Cc1ccc(CNC(=O)[C@H](C)N(Cc2ccccc2)C(=O)CCc2ccccc2)cc1. The first kappa shape index (κ1) is 22.3.